The number of thioether (sulfide) groups is 1. The van der Waals surface area contributed by atoms with Crippen LogP contribution in [0, 0.1) is 0 Å². The number of rotatable bonds is 14. The van der Waals surface area contributed by atoms with E-state index in [1.54, 1.807) is 7.11 Å². The number of aliphatic hydroxyl groups excluding tert-OH is 1. The average Bonchev–Trinajstić information content (AvgIpc) is 2.99. The van der Waals surface area contributed by atoms with Crippen molar-refractivity contribution in [2.45, 2.75) is 30.3 Å². The van der Waals surface area contributed by atoms with Crippen LogP contribution in [0.4, 0.5) is 0 Å². The predicted molar refractivity (Wildman–Crippen MR) is 159 cm³/mol. The Morgan fingerprint density at radius 1 is 0.763 bits per heavy atom. The molecule has 0 aliphatic carbocycles. The first-order valence-electron chi connectivity index (χ1n) is 13.1. The molecule has 0 radical (unpaired) electrons. The normalized spacial score (nSPS) is 12.5. The third kappa shape index (κ3) is 7.16. The topological polar surface area (TPSA) is 38.7 Å². The zero-order valence-electron chi connectivity index (χ0n) is 21.9. The Morgan fingerprint density at radius 2 is 1.29 bits per heavy atom. The molecule has 1 N–H and O–H groups in total. The highest BCUT2D eigenvalue weighted by molar-refractivity contribution is 8.00. The first-order chi connectivity index (χ1) is 18.8. The van der Waals surface area contributed by atoms with E-state index in [9.17, 15) is 5.11 Å². The van der Waals surface area contributed by atoms with E-state index >= 15 is 0 Å². The summed E-state index contributed by atoms with van der Waals surface area (Å²) in [4.78, 5) is 0. The maximum absolute atomic E-state index is 9.56. The highest BCUT2D eigenvalue weighted by Crippen LogP contribution is 2.48. The lowest BCUT2D eigenvalue weighted by molar-refractivity contribution is 0.0542. The van der Waals surface area contributed by atoms with Crippen molar-refractivity contribution in [3.05, 3.63) is 150 Å². The van der Waals surface area contributed by atoms with Crippen molar-refractivity contribution < 1.29 is 14.6 Å². The quantitative estimate of drug-likeness (QED) is 0.105. The van der Waals surface area contributed by atoms with Gasteiger partial charge < -0.3 is 14.6 Å². The van der Waals surface area contributed by atoms with Crippen LogP contribution in [0.3, 0.4) is 0 Å². The van der Waals surface area contributed by atoms with Crippen molar-refractivity contribution in [2.75, 3.05) is 19.5 Å². The van der Waals surface area contributed by atoms with Crippen LogP contribution in [0.15, 0.2) is 127 Å². The van der Waals surface area contributed by atoms with Crippen LogP contribution in [0.1, 0.15) is 35.1 Å². The Labute approximate surface area is 231 Å². The van der Waals surface area contributed by atoms with Crippen molar-refractivity contribution in [3.63, 3.8) is 0 Å². The molecule has 0 saturated heterocycles. The van der Waals surface area contributed by atoms with Gasteiger partial charge in [-0.3, -0.25) is 0 Å². The van der Waals surface area contributed by atoms with E-state index < -0.39 is 0 Å². The second kappa shape index (κ2) is 14.6. The van der Waals surface area contributed by atoms with Gasteiger partial charge in [0.15, 0.2) is 0 Å². The highest BCUT2D eigenvalue weighted by Gasteiger charge is 2.36. The Hall–Kier alpha value is -3.31. The fraction of sp³-hybridized carbons (Fsp3) is 0.235. The fourth-order valence-electron chi connectivity index (χ4n) is 4.58. The van der Waals surface area contributed by atoms with E-state index in [0.717, 1.165) is 23.5 Å². The Kier molecular flexibility index (Phi) is 10.6. The maximum atomic E-state index is 9.56. The molecule has 4 aromatic carbocycles. The minimum absolute atomic E-state index is 0.0888. The summed E-state index contributed by atoms with van der Waals surface area (Å²) in [7, 11) is 1.66. The van der Waals surface area contributed by atoms with Crippen molar-refractivity contribution in [2.24, 2.45) is 0 Å². The number of hydrogen-bond donors (Lipinski definition) is 1. The molecule has 0 bridgehead atoms. The molecule has 0 spiro atoms. The smallest absolute Gasteiger partial charge is 0.118 e. The summed E-state index contributed by atoms with van der Waals surface area (Å²) in [6.45, 7) is 0.582. The molecule has 0 aliphatic rings. The number of aliphatic hydroxyl groups is 1. The summed E-state index contributed by atoms with van der Waals surface area (Å²) in [5.41, 5.74) is 4.89. The standard InChI is InChI=1S/C34H36O3S/c1-36-32-22-20-28(21-23-32)27-37-33(24-25-35)19-11-12-26-38-34(29-13-5-2-6-14-29,30-15-7-3-8-16-30)31-17-9-4-10-18-31/h2-11,13-23,33,35H,12,24-27H2,1H3/b19-11-/t33-/m1/s1. The van der Waals surface area contributed by atoms with Crippen LogP contribution in [0.25, 0.3) is 0 Å². The molecule has 0 heterocycles. The number of hydrogen-bond acceptors (Lipinski definition) is 4. The maximum Gasteiger partial charge on any atom is 0.118 e. The van der Waals surface area contributed by atoms with Gasteiger partial charge >= 0.3 is 0 Å². The van der Waals surface area contributed by atoms with Crippen molar-refractivity contribution in [1.29, 1.82) is 0 Å². The monoisotopic (exact) mass is 524 g/mol. The Bertz CT molecular complexity index is 1130. The van der Waals surface area contributed by atoms with Crippen molar-refractivity contribution in [1.82, 2.24) is 0 Å². The lowest BCUT2D eigenvalue weighted by Crippen LogP contribution is -2.26. The summed E-state index contributed by atoms with van der Waals surface area (Å²) in [6.07, 6.45) is 5.62. The number of ether oxygens (including phenoxy) is 2. The third-order valence-corrected chi connectivity index (χ3v) is 8.11. The molecule has 38 heavy (non-hydrogen) atoms. The van der Waals surface area contributed by atoms with Gasteiger partial charge in [-0.15, -0.1) is 11.8 Å². The second-order valence-corrected chi connectivity index (χ2v) is 10.4. The molecule has 0 aromatic heterocycles. The van der Waals surface area contributed by atoms with E-state index in [1.165, 1.54) is 16.7 Å². The summed E-state index contributed by atoms with van der Waals surface area (Å²) in [5.74, 6) is 1.76. The number of methoxy groups -OCH3 is 1. The Balaban J connectivity index is 1.47. The van der Waals surface area contributed by atoms with Gasteiger partial charge in [-0.25, -0.2) is 0 Å². The summed E-state index contributed by atoms with van der Waals surface area (Å²) < 4.78 is 11.0. The largest absolute Gasteiger partial charge is 0.497 e. The van der Waals surface area contributed by atoms with Gasteiger partial charge in [-0.2, -0.15) is 0 Å². The summed E-state index contributed by atoms with van der Waals surface area (Å²) in [5, 5.41) is 9.56. The average molecular weight is 525 g/mol. The summed E-state index contributed by atoms with van der Waals surface area (Å²) >= 11 is 1.95. The van der Waals surface area contributed by atoms with Crippen molar-refractivity contribution >= 4 is 11.8 Å². The lowest BCUT2D eigenvalue weighted by atomic mass is 9.84. The Morgan fingerprint density at radius 3 is 1.76 bits per heavy atom. The molecule has 1 atom stereocenters. The van der Waals surface area contributed by atoms with Crippen LogP contribution in [-0.2, 0) is 16.1 Å². The molecule has 196 valence electrons. The van der Waals surface area contributed by atoms with Crippen LogP contribution in [-0.4, -0.2) is 30.7 Å². The minimum Gasteiger partial charge on any atom is -0.497 e. The number of benzene rings is 4. The zero-order chi connectivity index (χ0) is 26.5. The van der Waals surface area contributed by atoms with E-state index in [2.05, 4.69) is 103 Å². The van der Waals surface area contributed by atoms with E-state index in [-0.39, 0.29) is 17.5 Å². The SMILES string of the molecule is COc1ccc(CO[C@H](/C=C\CCSC(c2ccccc2)(c2ccccc2)c2ccccc2)CCO)cc1. The zero-order valence-corrected chi connectivity index (χ0v) is 22.7. The molecule has 0 aliphatic heterocycles. The van der Waals surface area contributed by atoms with Gasteiger partial charge in [0.1, 0.15) is 5.75 Å². The summed E-state index contributed by atoms with van der Waals surface area (Å²) in [6, 6.07) is 40.2. The molecule has 0 amide bonds. The minimum atomic E-state index is -0.313. The van der Waals surface area contributed by atoms with Crippen LogP contribution >= 0.6 is 11.8 Å². The molecule has 3 nitrogen and oxygen atoms in total. The second-order valence-electron chi connectivity index (χ2n) is 9.05. The van der Waals surface area contributed by atoms with Gasteiger partial charge in [-0.05, 0) is 46.6 Å². The van der Waals surface area contributed by atoms with Crippen LogP contribution in [0.2, 0.25) is 0 Å². The lowest BCUT2D eigenvalue weighted by Gasteiger charge is -2.35. The molecule has 4 aromatic rings. The van der Waals surface area contributed by atoms with E-state index in [4.69, 9.17) is 9.47 Å². The molecule has 4 heteroatoms. The molecule has 0 unspecified atom stereocenters. The van der Waals surface area contributed by atoms with Gasteiger partial charge in [0.05, 0.1) is 24.6 Å². The molecule has 0 saturated carbocycles. The van der Waals surface area contributed by atoms with Gasteiger partial charge in [-0.1, -0.05) is 115 Å². The van der Waals surface area contributed by atoms with Gasteiger partial charge in [0.25, 0.3) is 0 Å². The van der Waals surface area contributed by atoms with Gasteiger partial charge in [0, 0.05) is 13.0 Å². The van der Waals surface area contributed by atoms with Crippen LogP contribution in [0.5, 0.6) is 5.75 Å². The molecule has 4 rings (SSSR count). The van der Waals surface area contributed by atoms with E-state index in [0.29, 0.717) is 13.0 Å². The third-order valence-electron chi connectivity index (χ3n) is 6.53. The van der Waals surface area contributed by atoms with Gasteiger partial charge in [0.2, 0.25) is 0 Å². The molecule has 0 fully saturated rings. The van der Waals surface area contributed by atoms with Crippen LogP contribution < -0.4 is 4.74 Å². The van der Waals surface area contributed by atoms with E-state index in [1.807, 2.05) is 36.0 Å². The molecular formula is C34H36O3S. The first-order valence-corrected chi connectivity index (χ1v) is 14.1. The van der Waals surface area contributed by atoms with Crippen molar-refractivity contribution in [3.8, 4) is 5.75 Å². The molecular weight excluding hydrogens is 488 g/mol. The first kappa shape index (κ1) is 27.7. The predicted octanol–water partition coefficient (Wildman–Crippen LogP) is 7.63. The fourth-order valence-corrected chi connectivity index (χ4v) is 6.05. The highest BCUT2D eigenvalue weighted by atomic mass is 32.2. The number of allylic oxidation sites excluding steroid dienone is 1.